The highest BCUT2D eigenvalue weighted by atomic mass is 16.5. The fraction of sp³-hybridized carbons (Fsp3) is 0.750. The first kappa shape index (κ1) is 16.4. The summed E-state index contributed by atoms with van der Waals surface area (Å²) in [5.41, 5.74) is 4.89. The Bertz CT molecular complexity index is 355. The number of carbonyl (C=O) groups excluding carboxylic acids is 3. The smallest absolute Gasteiger partial charge is 0.318 e. The first-order chi connectivity index (χ1) is 9.51. The minimum atomic E-state index is -0.889. The average Bonchev–Trinajstić information content (AvgIpc) is 2.87. The van der Waals surface area contributed by atoms with Gasteiger partial charge in [-0.2, -0.15) is 0 Å². The molecule has 3 amide bonds. The van der Waals surface area contributed by atoms with Gasteiger partial charge in [0.25, 0.3) is 0 Å². The normalized spacial score (nSPS) is 18.0. The lowest BCUT2D eigenvalue weighted by Crippen LogP contribution is -2.44. The molecule has 0 aromatic carbocycles. The van der Waals surface area contributed by atoms with Crippen LogP contribution in [0.4, 0.5) is 4.79 Å². The molecule has 0 aliphatic carbocycles. The topological polar surface area (TPSA) is 111 Å². The Labute approximate surface area is 117 Å². The second-order valence-corrected chi connectivity index (χ2v) is 4.61. The van der Waals surface area contributed by atoms with Crippen LogP contribution in [0.3, 0.4) is 0 Å². The van der Waals surface area contributed by atoms with Crippen molar-refractivity contribution in [1.29, 1.82) is 0 Å². The molecule has 0 saturated carbocycles. The molecule has 20 heavy (non-hydrogen) atoms. The summed E-state index contributed by atoms with van der Waals surface area (Å²) >= 11 is 0. The first-order valence-corrected chi connectivity index (χ1v) is 6.51. The van der Waals surface area contributed by atoms with Crippen LogP contribution in [0.25, 0.3) is 0 Å². The minimum Gasteiger partial charge on any atom is -0.469 e. The number of primary amides is 1. The number of hydrogen-bond acceptors (Lipinski definition) is 6. The Kier molecular flexibility index (Phi) is 6.96. The summed E-state index contributed by atoms with van der Waals surface area (Å²) in [4.78, 5) is 35.1. The van der Waals surface area contributed by atoms with Gasteiger partial charge in [0.15, 0.2) is 0 Å². The maximum atomic E-state index is 11.5. The van der Waals surface area contributed by atoms with Crippen LogP contribution in [-0.4, -0.2) is 62.3 Å². The number of ether oxygens (including phenoxy) is 2. The van der Waals surface area contributed by atoms with E-state index in [1.807, 2.05) is 5.32 Å². The summed E-state index contributed by atoms with van der Waals surface area (Å²) in [5.74, 6) is -0.849. The van der Waals surface area contributed by atoms with Gasteiger partial charge in [0.2, 0.25) is 5.91 Å². The lowest BCUT2D eigenvalue weighted by Gasteiger charge is -2.23. The van der Waals surface area contributed by atoms with Crippen molar-refractivity contribution in [1.82, 2.24) is 10.2 Å². The molecule has 1 atom stereocenters. The fourth-order valence-electron chi connectivity index (χ4n) is 2.04. The summed E-state index contributed by atoms with van der Waals surface area (Å²) in [6.45, 7) is 1.59. The average molecular weight is 287 g/mol. The lowest BCUT2D eigenvalue weighted by molar-refractivity contribution is -0.141. The highest BCUT2D eigenvalue weighted by molar-refractivity contribution is 5.94. The zero-order valence-corrected chi connectivity index (χ0v) is 11.6. The summed E-state index contributed by atoms with van der Waals surface area (Å²) in [5, 5.41) is 2.00. The molecule has 0 aromatic heterocycles. The molecule has 0 radical (unpaired) electrons. The van der Waals surface area contributed by atoms with Gasteiger partial charge in [-0.3, -0.25) is 19.8 Å². The lowest BCUT2D eigenvalue weighted by atomic mass is 10.2. The van der Waals surface area contributed by atoms with Crippen LogP contribution in [0, 0.1) is 0 Å². The molecule has 8 nitrogen and oxygen atoms in total. The molecule has 114 valence electrons. The number of nitrogens with zero attached hydrogens (tertiary/aromatic N) is 1. The van der Waals surface area contributed by atoms with Crippen LogP contribution in [0.5, 0.6) is 0 Å². The Balaban J connectivity index is 2.46. The van der Waals surface area contributed by atoms with Gasteiger partial charge < -0.3 is 15.2 Å². The summed E-state index contributed by atoms with van der Waals surface area (Å²) in [6.07, 6.45) is 2.14. The second-order valence-electron chi connectivity index (χ2n) is 4.61. The third-order valence-electron chi connectivity index (χ3n) is 2.98. The van der Waals surface area contributed by atoms with Crippen molar-refractivity contribution in [3.05, 3.63) is 0 Å². The number of urea groups is 1. The van der Waals surface area contributed by atoms with E-state index in [-0.39, 0.29) is 25.0 Å². The predicted molar refractivity (Wildman–Crippen MR) is 69.8 cm³/mol. The molecule has 1 heterocycles. The van der Waals surface area contributed by atoms with Crippen molar-refractivity contribution in [2.75, 3.05) is 33.4 Å². The Morgan fingerprint density at radius 1 is 1.45 bits per heavy atom. The highest BCUT2D eigenvalue weighted by Crippen LogP contribution is 2.13. The molecule has 1 aliphatic rings. The van der Waals surface area contributed by atoms with E-state index in [9.17, 15) is 14.4 Å². The summed E-state index contributed by atoms with van der Waals surface area (Å²) in [7, 11) is 1.31. The molecule has 1 saturated heterocycles. The number of amides is 3. The summed E-state index contributed by atoms with van der Waals surface area (Å²) in [6, 6.07) is -0.889. The number of methoxy groups -OCH3 is 1. The largest absolute Gasteiger partial charge is 0.469 e. The van der Waals surface area contributed by atoms with Gasteiger partial charge in [-0.25, -0.2) is 4.79 Å². The van der Waals surface area contributed by atoms with Crippen molar-refractivity contribution < 1.29 is 23.9 Å². The number of nitrogens with two attached hydrogens (primary N) is 1. The number of carbonyl (C=O) groups is 3. The molecule has 0 aromatic rings. The Morgan fingerprint density at radius 2 is 2.20 bits per heavy atom. The van der Waals surface area contributed by atoms with Gasteiger partial charge in [-0.15, -0.1) is 0 Å². The third kappa shape index (κ3) is 6.48. The van der Waals surface area contributed by atoms with Crippen molar-refractivity contribution in [3.8, 4) is 0 Å². The zero-order valence-electron chi connectivity index (χ0n) is 11.6. The number of hydrogen-bond donors (Lipinski definition) is 2. The molecule has 3 N–H and O–H groups in total. The molecule has 8 heteroatoms. The van der Waals surface area contributed by atoms with E-state index >= 15 is 0 Å². The zero-order chi connectivity index (χ0) is 15.0. The number of nitrogens with one attached hydrogen (secondary N) is 1. The molecule has 1 rings (SSSR count). The van der Waals surface area contributed by atoms with Crippen LogP contribution >= 0.6 is 0 Å². The van der Waals surface area contributed by atoms with Crippen molar-refractivity contribution in [2.45, 2.75) is 25.4 Å². The van der Waals surface area contributed by atoms with Gasteiger partial charge in [0, 0.05) is 19.7 Å². The second kappa shape index (κ2) is 8.49. The number of rotatable bonds is 7. The molecule has 1 aliphatic heterocycles. The van der Waals surface area contributed by atoms with E-state index in [2.05, 4.69) is 4.74 Å². The first-order valence-electron chi connectivity index (χ1n) is 6.51. The Hall–Kier alpha value is -1.67. The van der Waals surface area contributed by atoms with Crippen LogP contribution in [0.1, 0.15) is 19.3 Å². The van der Waals surface area contributed by atoms with Gasteiger partial charge in [0.1, 0.15) is 0 Å². The molecule has 0 bridgehead atoms. The predicted octanol–water partition coefficient (Wildman–Crippen LogP) is -0.775. The van der Waals surface area contributed by atoms with Gasteiger partial charge >= 0.3 is 12.0 Å². The Morgan fingerprint density at radius 3 is 2.75 bits per heavy atom. The van der Waals surface area contributed by atoms with Gasteiger partial charge in [0.05, 0.1) is 26.2 Å². The fourth-order valence-corrected chi connectivity index (χ4v) is 2.04. The monoisotopic (exact) mass is 287 g/mol. The number of imide groups is 1. The quantitative estimate of drug-likeness (QED) is 0.595. The maximum Gasteiger partial charge on any atom is 0.318 e. The molecular formula is C12H21N3O5. The third-order valence-corrected chi connectivity index (χ3v) is 2.98. The minimum absolute atomic E-state index is 0.0141. The van der Waals surface area contributed by atoms with Crippen molar-refractivity contribution in [3.63, 3.8) is 0 Å². The van der Waals surface area contributed by atoms with E-state index < -0.39 is 11.9 Å². The molecule has 1 fully saturated rings. The van der Waals surface area contributed by atoms with Crippen LogP contribution in [0.2, 0.25) is 0 Å². The van der Waals surface area contributed by atoms with Crippen molar-refractivity contribution >= 4 is 17.9 Å². The number of esters is 1. The summed E-state index contributed by atoms with van der Waals surface area (Å²) < 4.78 is 10.1. The van der Waals surface area contributed by atoms with Crippen LogP contribution < -0.4 is 11.1 Å². The van der Waals surface area contributed by atoms with E-state index in [0.29, 0.717) is 19.7 Å². The molecular weight excluding hydrogens is 266 g/mol. The molecule has 0 spiro atoms. The van der Waals surface area contributed by atoms with E-state index in [1.165, 1.54) is 7.11 Å². The van der Waals surface area contributed by atoms with Gasteiger partial charge in [-0.05, 0) is 12.8 Å². The maximum absolute atomic E-state index is 11.5. The van der Waals surface area contributed by atoms with Crippen molar-refractivity contribution in [2.24, 2.45) is 5.73 Å². The van der Waals surface area contributed by atoms with Crippen LogP contribution in [-0.2, 0) is 19.1 Å². The highest BCUT2D eigenvalue weighted by Gasteiger charge is 2.21. The van der Waals surface area contributed by atoms with E-state index in [0.717, 1.165) is 12.8 Å². The van der Waals surface area contributed by atoms with E-state index in [4.69, 9.17) is 10.5 Å². The van der Waals surface area contributed by atoms with Gasteiger partial charge in [-0.1, -0.05) is 0 Å². The van der Waals surface area contributed by atoms with E-state index in [1.54, 1.807) is 4.90 Å². The SMILES string of the molecule is COC(=O)CCN(CC(=O)NC(N)=O)CC1CCCO1. The molecule has 1 unspecified atom stereocenters. The van der Waals surface area contributed by atoms with Crippen LogP contribution in [0.15, 0.2) is 0 Å². The standard InChI is InChI=1S/C12H21N3O5/c1-19-11(17)4-5-15(7-9-3-2-6-20-9)8-10(16)14-12(13)18/h9H,2-8H2,1H3,(H3,13,14,16,18).